The lowest BCUT2D eigenvalue weighted by atomic mass is 10.1. The van der Waals surface area contributed by atoms with Crippen molar-refractivity contribution in [3.05, 3.63) is 33.8 Å². The molecule has 1 rings (SSSR count). The molecule has 0 fully saturated rings. The normalized spacial score (nSPS) is 12.9. The number of hydrogen-bond donors (Lipinski definition) is 2. The van der Waals surface area contributed by atoms with Crippen LogP contribution in [0, 0.1) is 0 Å². The summed E-state index contributed by atoms with van der Waals surface area (Å²) in [6, 6.07) is 5.22. The highest BCUT2D eigenvalue weighted by molar-refractivity contribution is 6.36. The van der Waals surface area contributed by atoms with Gasteiger partial charge in [0, 0.05) is 28.2 Å². The second kappa shape index (κ2) is 4.82. The van der Waals surface area contributed by atoms with Crippen molar-refractivity contribution in [3.63, 3.8) is 0 Å². The van der Waals surface area contributed by atoms with E-state index < -0.39 is 0 Å². The molecular formula is C9H12Cl2N2. The predicted octanol–water partition coefficient (Wildman–Crippen LogP) is 2.21. The van der Waals surface area contributed by atoms with E-state index in [-0.39, 0.29) is 6.04 Å². The Labute approximate surface area is 88.0 Å². The first kappa shape index (κ1) is 10.8. The van der Waals surface area contributed by atoms with Gasteiger partial charge in [-0.2, -0.15) is 0 Å². The summed E-state index contributed by atoms with van der Waals surface area (Å²) >= 11 is 11.9. The van der Waals surface area contributed by atoms with E-state index in [4.69, 9.17) is 28.9 Å². The highest BCUT2D eigenvalue weighted by atomic mass is 35.5. The molecule has 0 amide bonds. The summed E-state index contributed by atoms with van der Waals surface area (Å²) in [6.45, 7) is 0.656. The molecule has 72 valence electrons. The van der Waals surface area contributed by atoms with E-state index in [1.54, 1.807) is 18.2 Å². The molecule has 1 atom stereocenters. The van der Waals surface area contributed by atoms with Crippen LogP contribution in [-0.2, 0) is 0 Å². The number of halogens is 2. The zero-order chi connectivity index (χ0) is 9.84. The van der Waals surface area contributed by atoms with Crippen LogP contribution in [0.4, 0.5) is 0 Å². The minimum Gasteiger partial charge on any atom is -0.323 e. The van der Waals surface area contributed by atoms with Crippen LogP contribution in [0.2, 0.25) is 10.0 Å². The Balaban J connectivity index is 2.98. The lowest BCUT2D eigenvalue weighted by molar-refractivity contribution is 0.653. The molecule has 0 saturated heterocycles. The SMILES string of the molecule is CNCC(N)c1c(Cl)cccc1Cl. The molecular weight excluding hydrogens is 207 g/mol. The van der Waals surface area contributed by atoms with Gasteiger partial charge in [0.25, 0.3) is 0 Å². The predicted molar refractivity (Wildman–Crippen MR) is 57.3 cm³/mol. The van der Waals surface area contributed by atoms with E-state index in [0.29, 0.717) is 16.6 Å². The van der Waals surface area contributed by atoms with Crippen LogP contribution >= 0.6 is 23.2 Å². The van der Waals surface area contributed by atoms with Gasteiger partial charge in [-0.3, -0.25) is 0 Å². The Kier molecular flexibility index (Phi) is 4.00. The number of benzene rings is 1. The lowest BCUT2D eigenvalue weighted by Crippen LogP contribution is -2.24. The summed E-state index contributed by atoms with van der Waals surface area (Å²) in [5.41, 5.74) is 6.68. The molecule has 2 nitrogen and oxygen atoms in total. The standard InChI is InChI=1S/C9H12Cl2N2/c1-13-5-8(12)9-6(10)3-2-4-7(9)11/h2-4,8,13H,5,12H2,1H3. The van der Waals surface area contributed by atoms with E-state index in [9.17, 15) is 0 Å². The highest BCUT2D eigenvalue weighted by Crippen LogP contribution is 2.28. The zero-order valence-electron chi connectivity index (χ0n) is 7.35. The van der Waals surface area contributed by atoms with Gasteiger partial charge in [-0.05, 0) is 19.2 Å². The summed E-state index contributed by atoms with van der Waals surface area (Å²) in [4.78, 5) is 0. The van der Waals surface area contributed by atoms with Crippen molar-refractivity contribution in [2.75, 3.05) is 13.6 Å². The molecule has 1 aromatic rings. The van der Waals surface area contributed by atoms with Crippen molar-refractivity contribution >= 4 is 23.2 Å². The third kappa shape index (κ3) is 2.58. The van der Waals surface area contributed by atoms with E-state index in [0.717, 1.165) is 5.56 Å². The Morgan fingerprint density at radius 1 is 1.38 bits per heavy atom. The smallest absolute Gasteiger partial charge is 0.0469 e. The van der Waals surface area contributed by atoms with Gasteiger partial charge in [0.05, 0.1) is 0 Å². The lowest BCUT2D eigenvalue weighted by Gasteiger charge is -2.14. The van der Waals surface area contributed by atoms with Crippen molar-refractivity contribution in [3.8, 4) is 0 Å². The average molecular weight is 219 g/mol. The fourth-order valence-corrected chi connectivity index (χ4v) is 1.86. The minimum atomic E-state index is -0.161. The largest absolute Gasteiger partial charge is 0.323 e. The van der Waals surface area contributed by atoms with Crippen molar-refractivity contribution in [2.24, 2.45) is 5.73 Å². The Morgan fingerprint density at radius 2 is 1.92 bits per heavy atom. The van der Waals surface area contributed by atoms with Gasteiger partial charge in [0.1, 0.15) is 0 Å². The van der Waals surface area contributed by atoms with Gasteiger partial charge in [-0.1, -0.05) is 29.3 Å². The third-order valence-corrected chi connectivity index (χ3v) is 2.45. The van der Waals surface area contributed by atoms with Crippen LogP contribution in [0.3, 0.4) is 0 Å². The monoisotopic (exact) mass is 218 g/mol. The van der Waals surface area contributed by atoms with Gasteiger partial charge in [0.2, 0.25) is 0 Å². The molecule has 0 bridgehead atoms. The summed E-state index contributed by atoms with van der Waals surface area (Å²) in [7, 11) is 1.84. The van der Waals surface area contributed by atoms with Crippen LogP contribution in [-0.4, -0.2) is 13.6 Å². The van der Waals surface area contributed by atoms with Gasteiger partial charge in [-0.15, -0.1) is 0 Å². The second-order valence-electron chi connectivity index (χ2n) is 2.80. The molecule has 0 aliphatic heterocycles. The van der Waals surface area contributed by atoms with Crippen molar-refractivity contribution < 1.29 is 0 Å². The van der Waals surface area contributed by atoms with Crippen molar-refractivity contribution in [2.45, 2.75) is 6.04 Å². The molecule has 0 saturated carbocycles. The maximum absolute atomic E-state index is 5.97. The van der Waals surface area contributed by atoms with Gasteiger partial charge < -0.3 is 11.1 Å². The number of nitrogens with one attached hydrogen (secondary N) is 1. The average Bonchev–Trinajstić information content (AvgIpc) is 2.04. The third-order valence-electron chi connectivity index (χ3n) is 1.79. The quantitative estimate of drug-likeness (QED) is 0.817. The molecule has 0 aromatic heterocycles. The molecule has 13 heavy (non-hydrogen) atoms. The second-order valence-corrected chi connectivity index (χ2v) is 3.61. The Morgan fingerprint density at radius 3 is 2.38 bits per heavy atom. The Hall–Kier alpha value is -0.280. The fraction of sp³-hybridized carbons (Fsp3) is 0.333. The molecule has 1 aromatic carbocycles. The van der Waals surface area contributed by atoms with Crippen molar-refractivity contribution in [1.82, 2.24) is 5.32 Å². The van der Waals surface area contributed by atoms with E-state index >= 15 is 0 Å². The van der Waals surface area contributed by atoms with Crippen LogP contribution in [0.15, 0.2) is 18.2 Å². The first-order chi connectivity index (χ1) is 6.16. The number of rotatable bonds is 3. The zero-order valence-corrected chi connectivity index (χ0v) is 8.86. The van der Waals surface area contributed by atoms with E-state index in [1.807, 2.05) is 7.05 Å². The summed E-state index contributed by atoms with van der Waals surface area (Å²) in [5, 5.41) is 4.22. The molecule has 0 aliphatic rings. The van der Waals surface area contributed by atoms with Crippen LogP contribution in [0.1, 0.15) is 11.6 Å². The topological polar surface area (TPSA) is 38.0 Å². The van der Waals surface area contributed by atoms with E-state index in [2.05, 4.69) is 5.32 Å². The summed E-state index contributed by atoms with van der Waals surface area (Å²) in [5.74, 6) is 0. The summed E-state index contributed by atoms with van der Waals surface area (Å²) < 4.78 is 0. The van der Waals surface area contributed by atoms with Crippen LogP contribution in [0.25, 0.3) is 0 Å². The number of hydrogen-bond acceptors (Lipinski definition) is 2. The summed E-state index contributed by atoms with van der Waals surface area (Å²) in [6.07, 6.45) is 0. The minimum absolute atomic E-state index is 0.161. The van der Waals surface area contributed by atoms with E-state index in [1.165, 1.54) is 0 Å². The number of likely N-dealkylation sites (N-methyl/N-ethyl adjacent to an activating group) is 1. The first-order valence-corrected chi connectivity index (χ1v) is 4.76. The Bertz CT molecular complexity index is 269. The molecule has 0 spiro atoms. The molecule has 0 radical (unpaired) electrons. The maximum atomic E-state index is 5.97. The fourth-order valence-electron chi connectivity index (χ4n) is 1.19. The molecule has 0 aliphatic carbocycles. The van der Waals surface area contributed by atoms with Gasteiger partial charge in [-0.25, -0.2) is 0 Å². The highest BCUT2D eigenvalue weighted by Gasteiger charge is 2.12. The molecule has 4 heteroatoms. The molecule has 0 heterocycles. The van der Waals surface area contributed by atoms with Crippen molar-refractivity contribution in [1.29, 1.82) is 0 Å². The number of nitrogens with two attached hydrogens (primary N) is 1. The van der Waals surface area contributed by atoms with Gasteiger partial charge in [0.15, 0.2) is 0 Å². The molecule has 3 N–H and O–H groups in total. The van der Waals surface area contributed by atoms with Gasteiger partial charge >= 0.3 is 0 Å². The first-order valence-electron chi connectivity index (χ1n) is 4.01. The van der Waals surface area contributed by atoms with Crippen LogP contribution < -0.4 is 11.1 Å². The maximum Gasteiger partial charge on any atom is 0.0469 e. The molecule has 1 unspecified atom stereocenters. The van der Waals surface area contributed by atoms with Crippen LogP contribution in [0.5, 0.6) is 0 Å².